The average molecular weight is 402 g/mol. The molecule has 0 bridgehead atoms. The third-order valence-corrected chi connectivity index (χ3v) is 6.11. The molecule has 1 saturated carbocycles. The molecule has 0 aromatic heterocycles. The maximum Gasteiger partial charge on any atom is 0.338 e. The summed E-state index contributed by atoms with van der Waals surface area (Å²) in [5, 5.41) is 3.40. The summed E-state index contributed by atoms with van der Waals surface area (Å²) in [6.07, 6.45) is 5.33. The fourth-order valence-electron chi connectivity index (χ4n) is 4.73. The quantitative estimate of drug-likeness (QED) is 0.726. The van der Waals surface area contributed by atoms with Gasteiger partial charge >= 0.3 is 11.9 Å². The molecule has 1 aliphatic heterocycles. The van der Waals surface area contributed by atoms with Gasteiger partial charge in [-0.1, -0.05) is 12.1 Å². The Hall–Kier alpha value is -1.88. The monoisotopic (exact) mass is 401 g/mol. The Bertz CT molecular complexity index is 697. The highest BCUT2D eigenvalue weighted by Crippen LogP contribution is 2.40. The SMILES string of the molecule is CC(C)OC(=O)c1ccc(C[C@H]2CC[C@H]3CN[C@H](C(=O)OC(C)C)C[C@H]3C2)cc1. The number of benzene rings is 1. The van der Waals surface area contributed by atoms with Gasteiger partial charge in [0.1, 0.15) is 6.04 Å². The van der Waals surface area contributed by atoms with Crippen LogP contribution in [0.25, 0.3) is 0 Å². The summed E-state index contributed by atoms with van der Waals surface area (Å²) in [5.41, 5.74) is 1.87. The summed E-state index contributed by atoms with van der Waals surface area (Å²) < 4.78 is 10.7. The molecule has 4 atom stereocenters. The first-order valence-electron chi connectivity index (χ1n) is 11.1. The number of hydrogen-bond acceptors (Lipinski definition) is 5. The van der Waals surface area contributed by atoms with E-state index in [2.05, 4.69) is 5.32 Å². The fraction of sp³-hybridized carbons (Fsp3) is 0.667. The molecule has 5 heteroatoms. The highest BCUT2D eigenvalue weighted by atomic mass is 16.5. The molecule has 1 aromatic carbocycles. The summed E-state index contributed by atoms with van der Waals surface area (Å²) >= 11 is 0. The number of carbonyl (C=O) groups is 2. The maximum atomic E-state index is 12.3. The minimum Gasteiger partial charge on any atom is -0.462 e. The molecular weight excluding hydrogens is 366 g/mol. The van der Waals surface area contributed by atoms with E-state index in [1.165, 1.54) is 18.4 Å². The van der Waals surface area contributed by atoms with Gasteiger partial charge in [-0.3, -0.25) is 4.79 Å². The van der Waals surface area contributed by atoms with Crippen LogP contribution in [0.5, 0.6) is 0 Å². The molecule has 29 heavy (non-hydrogen) atoms. The molecule has 1 heterocycles. The maximum absolute atomic E-state index is 12.3. The standard InChI is InChI=1S/C24H35NO4/c1-15(2)28-23(26)19-8-5-17(6-9-19)11-18-7-10-20-14-25-22(13-21(20)12-18)24(27)29-16(3)4/h5-6,8-9,15-16,18,20-22,25H,7,10-14H2,1-4H3/t18-,20+,21-,22+/m1/s1. The van der Waals surface area contributed by atoms with Gasteiger partial charge in [0.05, 0.1) is 17.8 Å². The van der Waals surface area contributed by atoms with Crippen molar-refractivity contribution in [1.82, 2.24) is 5.32 Å². The van der Waals surface area contributed by atoms with Gasteiger partial charge in [0.25, 0.3) is 0 Å². The van der Waals surface area contributed by atoms with Gasteiger partial charge in [-0.2, -0.15) is 0 Å². The summed E-state index contributed by atoms with van der Waals surface area (Å²) in [6, 6.07) is 7.67. The van der Waals surface area contributed by atoms with Crippen molar-refractivity contribution in [1.29, 1.82) is 0 Å². The lowest BCUT2D eigenvalue weighted by molar-refractivity contribution is -0.151. The van der Waals surface area contributed by atoms with E-state index in [0.29, 0.717) is 23.3 Å². The molecular formula is C24H35NO4. The van der Waals surface area contributed by atoms with E-state index >= 15 is 0 Å². The van der Waals surface area contributed by atoms with Crippen molar-refractivity contribution in [2.45, 2.75) is 78.0 Å². The van der Waals surface area contributed by atoms with Crippen molar-refractivity contribution in [2.24, 2.45) is 17.8 Å². The second kappa shape index (κ2) is 9.75. The topological polar surface area (TPSA) is 64.6 Å². The number of rotatable bonds is 6. The Morgan fingerprint density at radius 2 is 1.66 bits per heavy atom. The van der Waals surface area contributed by atoms with E-state index in [1.807, 2.05) is 52.0 Å². The minimum atomic E-state index is -0.263. The second-order valence-corrected chi connectivity index (χ2v) is 9.24. The largest absolute Gasteiger partial charge is 0.462 e. The van der Waals surface area contributed by atoms with Gasteiger partial charge in [-0.15, -0.1) is 0 Å². The molecule has 160 valence electrons. The predicted octanol–water partition coefficient (Wildman–Crippen LogP) is 4.14. The van der Waals surface area contributed by atoms with E-state index in [-0.39, 0.29) is 30.2 Å². The molecule has 1 saturated heterocycles. The second-order valence-electron chi connectivity index (χ2n) is 9.24. The van der Waals surface area contributed by atoms with Crippen LogP contribution in [0.15, 0.2) is 24.3 Å². The Balaban J connectivity index is 1.54. The van der Waals surface area contributed by atoms with Gasteiger partial charge in [0.15, 0.2) is 0 Å². The third-order valence-electron chi connectivity index (χ3n) is 6.11. The van der Waals surface area contributed by atoms with Crippen molar-refractivity contribution in [3.8, 4) is 0 Å². The van der Waals surface area contributed by atoms with E-state index < -0.39 is 0 Å². The highest BCUT2D eigenvalue weighted by molar-refractivity contribution is 5.89. The smallest absolute Gasteiger partial charge is 0.338 e. The zero-order valence-electron chi connectivity index (χ0n) is 18.1. The molecule has 1 aliphatic carbocycles. The lowest BCUT2D eigenvalue weighted by Gasteiger charge is -2.42. The highest BCUT2D eigenvalue weighted by Gasteiger charge is 2.38. The number of hydrogen-bond donors (Lipinski definition) is 1. The van der Waals surface area contributed by atoms with Crippen molar-refractivity contribution in [2.75, 3.05) is 6.54 Å². The molecule has 1 aromatic rings. The molecule has 2 fully saturated rings. The van der Waals surface area contributed by atoms with Gasteiger partial charge in [0, 0.05) is 0 Å². The summed E-state index contributed by atoms with van der Waals surface area (Å²) in [6.45, 7) is 8.43. The molecule has 0 amide bonds. The summed E-state index contributed by atoms with van der Waals surface area (Å²) in [5.74, 6) is 1.51. The zero-order valence-corrected chi connectivity index (χ0v) is 18.1. The zero-order chi connectivity index (χ0) is 21.0. The number of ether oxygens (including phenoxy) is 2. The summed E-state index contributed by atoms with van der Waals surface area (Å²) in [7, 11) is 0. The fourth-order valence-corrected chi connectivity index (χ4v) is 4.73. The van der Waals surface area contributed by atoms with E-state index in [4.69, 9.17) is 9.47 Å². The molecule has 5 nitrogen and oxygen atoms in total. The van der Waals surface area contributed by atoms with Gasteiger partial charge in [-0.05, 0) is 102 Å². The van der Waals surface area contributed by atoms with E-state index in [9.17, 15) is 9.59 Å². The number of piperidine rings is 1. The normalized spacial score (nSPS) is 26.8. The van der Waals surface area contributed by atoms with Gasteiger partial charge in [-0.25, -0.2) is 4.79 Å². The number of nitrogens with one attached hydrogen (secondary N) is 1. The van der Waals surface area contributed by atoms with Crippen molar-refractivity contribution in [3.63, 3.8) is 0 Å². The molecule has 0 spiro atoms. The molecule has 1 N–H and O–H groups in total. The van der Waals surface area contributed by atoms with Crippen LogP contribution in [-0.2, 0) is 20.7 Å². The van der Waals surface area contributed by atoms with Crippen molar-refractivity contribution < 1.29 is 19.1 Å². The molecule has 0 unspecified atom stereocenters. The number of carbonyl (C=O) groups excluding carboxylic acids is 2. The van der Waals surface area contributed by atoms with Crippen molar-refractivity contribution in [3.05, 3.63) is 35.4 Å². The van der Waals surface area contributed by atoms with E-state index in [0.717, 1.165) is 25.8 Å². The first-order chi connectivity index (χ1) is 13.8. The van der Waals surface area contributed by atoms with Crippen LogP contribution in [-0.4, -0.2) is 36.7 Å². The van der Waals surface area contributed by atoms with Crippen LogP contribution >= 0.6 is 0 Å². The Labute approximate surface area is 174 Å². The van der Waals surface area contributed by atoms with Crippen LogP contribution in [0.2, 0.25) is 0 Å². The van der Waals surface area contributed by atoms with Gasteiger partial charge in [0.2, 0.25) is 0 Å². The van der Waals surface area contributed by atoms with E-state index in [1.54, 1.807) is 0 Å². The predicted molar refractivity (Wildman–Crippen MR) is 113 cm³/mol. The van der Waals surface area contributed by atoms with Crippen molar-refractivity contribution >= 4 is 11.9 Å². The Kier molecular flexibility index (Phi) is 7.33. The molecule has 3 rings (SSSR count). The molecule has 0 radical (unpaired) electrons. The first-order valence-corrected chi connectivity index (χ1v) is 11.1. The van der Waals surface area contributed by atoms with Crippen LogP contribution in [0.4, 0.5) is 0 Å². The van der Waals surface area contributed by atoms with Crippen LogP contribution in [0, 0.1) is 17.8 Å². The molecule has 2 aliphatic rings. The van der Waals surface area contributed by atoms with Crippen LogP contribution < -0.4 is 5.32 Å². The first kappa shape index (κ1) is 21.8. The van der Waals surface area contributed by atoms with Gasteiger partial charge < -0.3 is 14.8 Å². The van der Waals surface area contributed by atoms with Crippen LogP contribution in [0.1, 0.15) is 69.3 Å². The minimum absolute atomic E-state index is 0.0677. The average Bonchev–Trinajstić information content (AvgIpc) is 2.67. The lowest BCUT2D eigenvalue weighted by atomic mass is 9.68. The lowest BCUT2D eigenvalue weighted by Crippen LogP contribution is -2.50. The van der Waals surface area contributed by atoms with Crippen LogP contribution in [0.3, 0.4) is 0 Å². The third kappa shape index (κ3) is 6.05. The summed E-state index contributed by atoms with van der Waals surface area (Å²) in [4.78, 5) is 24.3. The number of esters is 2. The number of fused-ring (bicyclic) bond motifs is 1. The Morgan fingerprint density at radius 3 is 2.31 bits per heavy atom. The Morgan fingerprint density at radius 1 is 0.966 bits per heavy atom.